The van der Waals surface area contributed by atoms with Gasteiger partial charge in [-0.05, 0) is 79.5 Å². The maximum Gasteiger partial charge on any atom is 0.387 e. The lowest BCUT2D eigenvalue weighted by Gasteiger charge is -2.23. The highest BCUT2D eigenvalue weighted by Crippen LogP contribution is 2.28. The molecule has 1 amide bonds. The number of carbonyl (C=O) groups excluding carboxylic acids is 2. The van der Waals surface area contributed by atoms with E-state index < -0.39 is 12.5 Å². The van der Waals surface area contributed by atoms with Crippen molar-refractivity contribution in [1.29, 1.82) is 0 Å². The zero-order valence-corrected chi connectivity index (χ0v) is 24.7. The summed E-state index contributed by atoms with van der Waals surface area (Å²) in [6.45, 7) is 4.94. The number of rotatable bonds is 18. The van der Waals surface area contributed by atoms with Crippen molar-refractivity contribution in [3.8, 4) is 5.75 Å². The number of nitrogens with one attached hydrogen (secondary N) is 1. The molecule has 1 aliphatic rings. The van der Waals surface area contributed by atoms with Crippen LogP contribution in [-0.2, 0) is 4.74 Å². The molecule has 224 valence electrons. The van der Waals surface area contributed by atoms with Crippen LogP contribution >= 0.6 is 11.6 Å². The number of alkyl halides is 2. The average Bonchev–Trinajstić information content (AvgIpc) is 3.75. The van der Waals surface area contributed by atoms with E-state index in [2.05, 4.69) is 18.8 Å². The lowest BCUT2D eigenvalue weighted by Crippen LogP contribution is -2.35. The van der Waals surface area contributed by atoms with Crippen LogP contribution in [0.25, 0.3) is 12.8 Å². The molecule has 0 heterocycles. The molecule has 0 aromatic heterocycles. The fraction of sp³-hybridized carbons (Fsp3) is 0.500. The molecule has 1 atom stereocenters. The third-order valence-electron chi connectivity index (χ3n) is 7.10. The van der Waals surface area contributed by atoms with Crippen LogP contribution in [0.15, 0.2) is 36.4 Å². The lowest BCUT2D eigenvalue weighted by molar-refractivity contribution is -0.0509. The van der Waals surface area contributed by atoms with Gasteiger partial charge in [-0.15, -0.1) is 0 Å². The standard InChI is InChI=1S/C32H41ClF2N2O4/c1-4-6-23(7-5-8-29(38)25-12-14-26(33)15-13-25)19-37(3)20-28-22(2)9-16-27(30(28)41-32(34)35)31(39)36-17-18-40-21-24-10-11-24/h9,12-16,20,23-24,32H,2,4-8,10-11,17-19,21H2,1,3H3,(H,36,39)/b28-20+. The normalized spacial score (nSPS) is 14.2. The zero-order valence-electron chi connectivity index (χ0n) is 24.0. The van der Waals surface area contributed by atoms with E-state index in [0.717, 1.165) is 25.7 Å². The predicted octanol–water partition coefficient (Wildman–Crippen LogP) is 5.65. The number of halogens is 3. The van der Waals surface area contributed by atoms with Crippen molar-refractivity contribution >= 4 is 36.1 Å². The third kappa shape index (κ3) is 11.1. The van der Waals surface area contributed by atoms with Gasteiger partial charge in [-0.2, -0.15) is 8.78 Å². The van der Waals surface area contributed by atoms with E-state index >= 15 is 0 Å². The number of benzene rings is 2. The third-order valence-corrected chi connectivity index (χ3v) is 7.35. The number of hydrogen-bond acceptors (Lipinski definition) is 5. The fourth-order valence-electron chi connectivity index (χ4n) is 4.79. The molecule has 0 spiro atoms. The number of hydrogen-bond donors (Lipinski definition) is 1. The molecule has 1 N–H and O–H groups in total. The second-order valence-corrected chi connectivity index (χ2v) is 11.1. The minimum absolute atomic E-state index is 0.0189. The summed E-state index contributed by atoms with van der Waals surface area (Å²) >= 11 is 5.92. The summed E-state index contributed by atoms with van der Waals surface area (Å²) in [7, 11) is 1.86. The molecule has 2 aromatic carbocycles. The summed E-state index contributed by atoms with van der Waals surface area (Å²) in [6, 6.07) is 9.99. The fourth-order valence-corrected chi connectivity index (χ4v) is 4.92. The molecular formula is C32H41ClF2N2O4. The number of carbonyl (C=O) groups is 2. The Balaban J connectivity index is 1.67. The van der Waals surface area contributed by atoms with Gasteiger partial charge in [0.05, 0.1) is 12.2 Å². The highest BCUT2D eigenvalue weighted by molar-refractivity contribution is 6.30. The van der Waals surface area contributed by atoms with Crippen LogP contribution in [0.5, 0.6) is 5.75 Å². The minimum Gasteiger partial charge on any atom is -0.433 e. The Kier molecular flexibility index (Phi) is 13.1. The van der Waals surface area contributed by atoms with Crippen molar-refractivity contribution in [3.05, 3.63) is 63.0 Å². The molecule has 0 bridgehead atoms. The smallest absolute Gasteiger partial charge is 0.387 e. The van der Waals surface area contributed by atoms with E-state index in [0.29, 0.717) is 53.1 Å². The van der Waals surface area contributed by atoms with E-state index in [9.17, 15) is 18.4 Å². The summed E-state index contributed by atoms with van der Waals surface area (Å²) in [4.78, 5) is 27.4. The molecular weight excluding hydrogens is 550 g/mol. The molecule has 1 aliphatic carbocycles. The van der Waals surface area contributed by atoms with Crippen molar-refractivity contribution < 1.29 is 27.8 Å². The van der Waals surface area contributed by atoms with Crippen molar-refractivity contribution in [2.24, 2.45) is 11.8 Å². The largest absolute Gasteiger partial charge is 0.433 e. The molecule has 0 radical (unpaired) electrons. The van der Waals surface area contributed by atoms with Crippen LogP contribution in [0.3, 0.4) is 0 Å². The van der Waals surface area contributed by atoms with E-state index in [4.69, 9.17) is 21.1 Å². The van der Waals surface area contributed by atoms with Crippen LogP contribution in [-0.4, -0.2) is 56.6 Å². The topological polar surface area (TPSA) is 67.9 Å². The Labute approximate surface area is 246 Å². The second-order valence-electron chi connectivity index (χ2n) is 10.7. The monoisotopic (exact) mass is 590 g/mol. The summed E-state index contributed by atoms with van der Waals surface area (Å²) < 4.78 is 37.3. The maximum atomic E-state index is 13.4. The van der Waals surface area contributed by atoms with Crippen molar-refractivity contribution in [1.82, 2.24) is 10.2 Å². The Bertz CT molecular complexity index is 1250. The predicted molar refractivity (Wildman–Crippen MR) is 159 cm³/mol. The van der Waals surface area contributed by atoms with Crippen LogP contribution in [0.2, 0.25) is 5.02 Å². The van der Waals surface area contributed by atoms with Crippen LogP contribution in [0.4, 0.5) is 8.78 Å². The summed E-state index contributed by atoms with van der Waals surface area (Å²) in [5.41, 5.74) is 0.668. The number of Topliss-reactive ketones (excluding diaryl/α,β-unsaturated/α-hetero) is 1. The van der Waals surface area contributed by atoms with Gasteiger partial charge in [-0.3, -0.25) is 9.59 Å². The first-order chi connectivity index (χ1) is 19.7. The highest BCUT2D eigenvalue weighted by atomic mass is 35.5. The van der Waals surface area contributed by atoms with Gasteiger partial charge >= 0.3 is 6.61 Å². The SMILES string of the molecule is C=c1ccc(C(=O)NCCOCC2CC2)c(OC(F)F)/c1=C/N(C)CC(CCC)CCCC(=O)c1ccc(Cl)cc1. The maximum absolute atomic E-state index is 13.4. The first-order valence-corrected chi connectivity index (χ1v) is 14.7. The molecule has 3 rings (SSSR count). The van der Waals surface area contributed by atoms with Gasteiger partial charge in [-0.25, -0.2) is 0 Å². The van der Waals surface area contributed by atoms with E-state index in [1.165, 1.54) is 18.9 Å². The highest BCUT2D eigenvalue weighted by Gasteiger charge is 2.21. The molecule has 0 saturated heterocycles. The van der Waals surface area contributed by atoms with Crippen LogP contribution in [0, 0.1) is 11.8 Å². The molecule has 1 saturated carbocycles. The molecule has 9 heteroatoms. The molecule has 41 heavy (non-hydrogen) atoms. The van der Waals surface area contributed by atoms with E-state index in [1.54, 1.807) is 36.5 Å². The van der Waals surface area contributed by atoms with Gasteiger partial charge in [0.1, 0.15) is 5.75 Å². The molecule has 0 aliphatic heterocycles. The lowest BCUT2D eigenvalue weighted by atomic mass is 9.94. The molecule has 6 nitrogen and oxygen atoms in total. The number of amides is 1. The number of ketones is 1. The van der Waals surface area contributed by atoms with Crippen molar-refractivity contribution in [2.45, 2.75) is 58.5 Å². The van der Waals surface area contributed by atoms with Gasteiger partial charge in [0.25, 0.3) is 5.91 Å². The Morgan fingerprint density at radius 2 is 1.90 bits per heavy atom. The number of nitrogens with zero attached hydrogens (tertiary/aromatic N) is 1. The minimum atomic E-state index is -3.10. The van der Waals surface area contributed by atoms with Gasteiger partial charge in [0.15, 0.2) is 5.78 Å². The second kappa shape index (κ2) is 16.5. The van der Waals surface area contributed by atoms with Gasteiger partial charge < -0.3 is 19.7 Å². The molecule has 1 unspecified atom stereocenters. The Hall–Kier alpha value is -2.97. The Morgan fingerprint density at radius 3 is 2.56 bits per heavy atom. The van der Waals surface area contributed by atoms with Crippen molar-refractivity contribution in [3.63, 3.8) is 0 Å². The number of ether oxygens (including phenoxy) is 2. The molecule has 2 aromatic rings. The Morgan fingerprint density at radius 1 is 1.17 bits per heavy atom. The quantitative estimate of drug-likeness (QED) is 0.180. The zero-order chi connectivity index (χ0) is 29.8. The van der Waals surface area contributed by atoms with E-state index in [1.807, 2.05) is 11.9 Å². The van der Waals surface area contributed by atoms with E-state index in [-0.39, 0.29) is 29.6 Å². The first-order valence-electron chi connectivity index (χ1n) is 14.3. The van der Waals surface area contributed by atoms with Gasteiger partial charge in [0, 0.05) is 55.2 Å². The van der Waals surface area contributed by atoms with Gasteiger partial charge in [0.2, 0.25) is 0 Å². The van der Waals surface area contributed by atoms with Gasteiger partial charge in [-0.1, -0.05) is 37.6 Å². The van der Waals surface area contributed by atoms with Crippen LogP contribution in [0.1, 0.15) is 72.6 Å². The summed E-state index contributed by atoms with van der Waals surface area (Å²) in [5.74, 6) is 0.273. The van der Waals surface area contributed by atoms with Crippen molar-refractivity contribution in [2.75, 3.05) is 33.4 Å². The first kappa shape index (κ1) is 32.5. The van der Waals surface area contributed by atoms with Crippen LogP contribution < -0.4 is 20.5 Å². The average molecular weight is 591 g/mol. The summed E-state index contributed by atoms with van der Waals surface area (Å²) in [6.07, 6.45) is 8.00. The summed E-state index contributed by atoms with van der Waals surface area (Å²) in [5, 5.41) is 4.13. The molecule has 1 fully saturated rings.